The molecule has 2 aliphatic heterocycles. The lowest BCUT2D eigenvalue weighted by molar-refractivity contribution is -0.0314. The number of rotatable bonds is 5. The van der Waals surface area contributed by atoms with Crippen molar-refractivity contribution in [3.63, 3.8) is 0 Å². The van der Waals surface area contributed by atoms with Crippen LogP contribution in [0.1, 0.15) is 24.8 Å². The summed E-state index contributed by atoms with van der Waals surface area (Å²) in [5.74, 6) is 0.868. The molecule has 0 spiro atoms. The van der Waals surface area contributed by atoms with Crippen LogP contribution in [0.4, 0.5) is 0 Å². The number of hydrogen-bond acceptors (Lipinski definition) is 5. The third-order valence-electron chi connectivity index (χ3n) is 5.39. The molecule has 0 amide bonds. The largest absolute Gasteiger partial charge is 0.497 e. The zero-order valence-electron chi connectivity index (χ0n) is 15.1. The SMILES string of the molecule is COc1ccc(/C=C/CN2CC[C@@H](N3CCC(O)CC3)[C@H](O)C2)cc1. The quantitative estimate of drug-likeness (QED) is 0.848. The van der Waals surface area contributed by atoms with Crippen molar-refractivity contribution in [3.05, 3.63) is 35.9 Å². The second-order valence-corrected chi connectivity index (χ2v) is 7.13. The Balaban J connectivity index is 1.45. The van der Waals surface area contributed by atoms with Crippen molar-refractivity contribution >= 4 is 6.08 Å². The summed E-state index contributed by atoms with van der Waals surface area (Å²) in [6, 6.07) is 8.26. The molecule has 2 atom stereocenters. The van der Waals surface area contributed by atoms with Crippen LogP contribution in [0.3, 0.4) is 0 Å². The van der Waals surface area contributed by atoms with E-state index in [1.54, 1.807) is 7.11 Å². The van der Waals surface area contributed by atoms with Gasteiger partial charge in [0.2, 0.25) is 0 Å². The van der Waals surface area contributed by atoms with Crippen molar-refractivity contribution in [3.8, 4) is 5.75 Å². The lowest BCUT2D eigenvalue weighted by atomic mass is 9.96. The van der Waals surface area contributed by atoms with Crippen molar-refractivity contribution in [1.82, 2.24) is 9.80 Å². The number of benzene rings is 1. The smallest absolute Gasteiger partial charge is 0.118 e. The van der Waals surface area contributed by atoms with Crippen LogP contribution in [0.25, 0.3) is 6.08 Å². The number of likely N-dealkylation sites (tertiary alicyclic amines) is 2. The molecular formula is C20H30N2O3. The van der Waals surface area contributed by atoms with Gasteiger partial charge in [-0.15, -0.1) is 0 Å². The average molecular weight is 346 g/mol. The summed E-state index contributed by atoms with van der Waals surface area (Å²) in [7, 11) is 1.67. The van der Waals surface area contributed by atoms with Crippen LogP contribution >= 0.6 is 0 Å². The van der Waals surface area contributed by atoms with Crippen LogP contribution in [0.15, 0.2) is 30.3 Å². The lowest BCUT2D eigenvalue weighted by Gasteiger charge is -2.43. The molecule has 1 aromatic carbocycles. The molecule has 0 aliphatic carbocycles. The molecule has 25 heavy (non-hydrogen) atoms. The maximum Gasteiger partial charge on any atom is 0.118 e. The van der Waals surface area contributed by atoms with Gasteiger partial charge in [-0.3, -0.25) is 9.80 Å². The Kier molecular flexibility index (Phi) is 6.48. The topological polar surface area (TPSA) is 56.2 Å². The number of ether oxygens (including phenoxy) is 1. The minimum absolute atomic E-state index is 0.156. The van der Waals surface area contributed by atoms with Gasteiger partial charge in [0, 0.05) is 38.8 Å². The summed E-state index contributed by atoms with van der Waals surface area (Å²) in [5, 5.41) is 20.2. The predicted molar refractivity (Wildman–Crippen MR) is 99.7 cm³/mol. The Morgan fingerprint density at radius 2 is 1.80 bits per heavy atom. The molecule has 0 bridgehead atoms. The normalized spacial score (nSPS) is 27.0. The zero-order chi connectivity index (χ0) is 17.6. The first kappa shape index (κ1) is 18.4. The highest BCUT2D eigenvalue weighted by molar-refractivity contribution is 5.50. The zero-order valence-corrected chi connectivity index (χ0v) is 15.1. The van der Waals surface area contributed by atoms with E-state index in [1.165, 1.54) is 0 Å². The number of aliphatic hydroxyl groups is 2. The van der Waals surface area contributed by atoms with Gasteiger partial charge in [0.25, 0.3) is 0 Å². The summed E-state index contributed by atoms with van der Waals surface area (Å²) in [5.41, 5.74) is 1.16. The van der Waals surface area contributed by atoms with Gasteiger partial charge in [0.15, 0.2) is 0 Å². The summed E-state index contributed by atoms with van der Waals surface area (Å²) < 4.78 is 5.17. The van der Waals surface area contributed by atoms with E-state index < -0.39 is 0 Å². The molecule has 1 aromatic rings. The molecule has 0 aromatic heterocycles. The maximum atomic E-state index is 10.5. The molecule has 0 radical (unpaired) electrons. The van der Waals surface area contributed by atoms with Crippen LogP contribution in [0.5, 0.6) is 5.75 Å². The van der Waals surface area contributed by atoms with Crippen LogP contribution in [0, 0.1) is 0 Å². The third-order valence-corrected chi connectivity index (χ3v) is 5.39. The van der Waals surface area contributed by atoms with Crippen molar-refractivity contribution < 1.29 is 14.9 Å². The highest BCUT2D eigenvalue weighted by Gasteiger charge is 2.33. The summed E-state index contributed by atoms with van der Waals surface area (Å²) in [6.45, 7) is 4.39. The summed E-state index contributed by atoms with van der Waals surface area (Å²) in [6.07, 6.45) is 6.47. The number of β-amino-alcohol motifs (C(OH)–C–C–N with tert-alkyl or cyclic N) is 1. The van der Waals surface area contributed by atoms with Crippen LogP contribution in [0.2, 0.25) is 0 Å². The minimum atomic E-state index is -0.307. The molecule has 0 saturated carbocycles. The van der Waals surface area contributed by atoms with Gasteiger partial charge < -0.3 is 14.9 Å². The third kappa shape index (κ3) is 5.05. The molecule has 2 aliphatic rings. The maximum absolute atomic E-state index is 10.5. The first-order valence-electron chi connectivity index (χ1n) is 9.29. The fourth-order valence-electron chi connectivity index (χ4n) is 3.85. The van der Waals surface area contributed by atoms with Crippen molar-refractivity contribution in [2.24, 2.45) is 0 Å². The van der Waals surface area contributed by atoms with E-state index in [1.807, 2.05) is 24.3 Å². The fourth-order valence-corrected chi connectivity index (χ4v) is 3.85. The van der Waals surface area contributed by atoms with Crippen LogP contribution in [-0.2, 0) is 0 Å². The number of methoxy groups -OCH3 is 1. The van der Waals surface area contributed by atoms with Crippen molar-refractivity contribution in [1.29, 1.82) is 0 Å². The van der Waals surface area contributed by atoms with Crippen LogP contribution < -0.4 is 4.74 Å². The van der Waals surface area contributed by atoms with E-state index in [2.05, 4.69) is 22.0 Å². The second-order valence-electron chi connectivity index (χ2n) is 7.13. The molecule has 138 valence electrons. The van der Waals surface area contributed by atoms with Gasteiger partial charge in [-0.05, 0) is 37.0 Å². The Hall–Kier alpha value is -1.40. The van der Waals surface area contributed by atoms with Crippen LogP contribution in [-0.4, -0.2) is 78.1 Å². The molecule has 2 N–H and O–H groups in total. The molecule has 5 heteroatoms. The highest BCUT2D eigenvalue weighted by Crippen LogP contribution is 2.21. The summed E-state index contributed by atoms with van der Waals surface area (Å²) in [4.78, 5) is 4.67. The Bertz CT molecular complexity index is 553. The molecule has 2 heterocycles. The fraction of sp³-hybridized carbons (Fsp3) is 0.600. The van der Waals surface area contributed by atoms with Gasteiger partial charge in [0.05, 0.1) is 19.3 Å². The monoisotopic (exact) mass is 346 g/mol. The standard InChI is InChI=1S/C20H30N2O3/c1-25-18-6-4-16(5-7-18)3-2-11-21-12-10-19(20(24)15-21)22-13-8-17(23)9-14-22/h2-7,17,19-20,23-24H,8-15H2,1H3/b3-2+/t19-,20-/m1/s1. The van der Waals surface area contributed by atoms with Crippen molar-refractivity contribution in [2.45, 2.75) is 37.5 Å². The van der Waals surface area contributed by atoms with E-state index in [-0.39, 0.29) is 18.2 Å². The predicted octanol–water partition coefficient (Wildman–Crippen LogP) is 1.60. The molecule has 3 rings (SSSR count). The first-order valence-corrected chi connectivity index (χ1v) is 9.29. The molecule has 2 saturated heterocycles. The van der Waals surface area contributed by atoms with E-state index in [9.17, 15) is 10.2 Å². The number of piperidine rings is 2. The number of aliphatic hydroxyl groups excluding tert-OH is 2. The Morgan fingerprint density at radius 1 is 1.08 bits per heavy atom. The number of nitrogens with zero attached hydrogens (tertiary/aromatic N) is 2. The van der Waals surface area contributed by atoms with Gasteiger partial charge in [-0.1, -0.05) is 24.3 Å². The van der Waals surface area contributed by atoms with E-state index in [0.29, 0.717) is 0 Å². The summed E-state index contributed by atoms with van der Waals surface area (Å²) >= 11 is 0. The molecular weight excluding hydrogens is 316 g/mol. The highest BCUT2D eigenvalue weighted by atomic mass is 16.5. The molecule has 2 fully saturated rings. The second kappa shape index (κ2) is 8.81. The van der Waals surface area contributed by atoms with E-state index in [4.69, 9.17) is 4.74 Å². The minimum Gasteiger partial charge on any atom is -0.497 e. The lowest BCUT2D eigenvalue weighted by Crippen LogP contribution is -2.56. The first-order chi connectivity index (χ1) is 12.2. The van der Waals surface area contributed by atoms with E-state index in [0.717, 1.165) is 63.3 Å². The molecule has 5 nitrogen and oxygen atoms in total. The molecule has 0 unspecified atom stereocenters. The van der Waals surface area contributed by atoms with Gasteiger partial charge in [-0.25, -0.2) is 0 Å². The van der Waals surface area contributed by atoms with E-state index >= 15 is 0 Å². The Morgan fingerprint density at radius 3 is 2.44 bits per heavy atom. The van der Waals surface area contributed by atoms with Crippen molar-refractivity contribution in [2.75, 3.05) is 39.8 Å². The average Bonchev–Trinajstić information content (AvgIpc) is 2.63. The number of hydrogen-bond donors (Lipinski definition) is 2. The van der Waals surface area contributed by atoms with Gasteiger partial charge >= 0.3 is 0 Å². The van der Waals surface area contributed by atoms with Gasteiger partial charge in [0.1, 0.15) is 5.75 Å². The Labute approximate surface area is 150 Å². The van der Waals surface area contributed by atoms with Gasteiger partial charge in [-0.2, -0.15) is 0 Å².